The summed E-state index contributed by atoms with van der Waals surface area (Å²) in [7, 11) is 5.31. The van der Waals surface area contributed by atoms with Gasteiger partial charge in [-0.2, -0.15) is 0 Å². The Labute approximate surface area is 151 Å². The summed E-state index contributed by atoms with van der Waals surface area (Å²) in [6.45, 7) is 3.63. The second-order valence-corrected chi connectivity index (χ2v) is 7.00. The van der Waals surface area contributed by atoms with Gasteiger partial charge in [0, 0.05) is 13.1 Å². The average molecular weight is 348 g/mol. The third-order valence-electron chi connectivity index (χ3n) is 5.22. The lowest BCUT2D eigenvalue weighted by molar-refractivity contribution is -0.125. The van der Waals surface area contributed by atoms with Crippen molar-refractivity contribution < 1.29 is 14.3 Å². The van der Waals surface area contributed by atoms with Gasteiger partial charge >= 0.3 is 0 Å². The highest BCUT2D eigenvalue weighted by molar-refractivity contribution is 5.81. The molecule has 0 aromatic heterocycles. The minimum Gasteiger partial charge on any atom is -0.493 e. The molecule has 0 aliphatic heterocycles. The van der Waals surface area contributed by atoms with Crippen LogP contribution in [0, 0.1) is 5.92 Å². The van der Waals surface area contributed by atoms with Gasteiger partial charge in [-0.15, -0.1) is 0 Å². The average Bonchev–Trinajstić information content (AvgIpc) is 3.13. The van der Waals surface area contributed by atoms with Gasteiger partial charge in [0.15, 0.2) is 11.5 Å². The Kier molecular flexibility index (Phi) is 7.56. The second-order valence-electron chi connectivity index (χ2n) is 7.00. The van der Waals surface area contributed by atoms with Crippen molar-refractivity contribution in [3.63, 3.8) is 0 Å². The maximum absolute atomic E-state index is 12.4. The van der Waals surface area contributed by atoms with Crippen LogP contribution in [0.2, 0.25) is 0 Å². The first-order chi connectivity index (χ1) is 12.0. The lowest BCUT2D eigenvalue weighted by Gasteiger charge is -2.26. The third kappa shape index (κ3) is 5.63. The molecule has 1 amide bonds. The van der Waals surface area contributed by atoms with Crippen molar-refractivity contribution in [2.45, 2.75) is 45.1 Å². The van der Waals surface area contributed by atoms with E-state index >= 15 is 0 Å². The maximum atomic E-state index is 12.4. The number of carbonyl (C=O) groups excluding carboxylic acids is 1. The smallest absolute Gasteiger partial charge is 0.237 e. The number of nitrogens with one attached hydrogen (secondary N) is 1. The molecule has 1 saturated carbocycles. The van der Waals surface area contributed by atoms with Crippen LogP contribution < -0.4 is 14.8 Å². The number of likely N-dealkylation sites (N-methyl/N-ethyl adjacent to an activating group) is 1. The van der Waals surface area contributed by atoms with Gasteiger partial charge in [0.2, 0.25) is 5.91 Å². The molecule has 1 aromatic rings. The van der Waals surface area contributed by atoms with E-state index in [0.29, 0.717) is 6.54 Å². The van der Waals surface area contributed by atoms with Crippen molar-refractivity contribution in [3.05, 3.63) is 23.8 Å². The van der Waals surface area contributed by atoms with Crippen LogP contribution in [0.4, 0.5) is 0 Å². The predicted molar refractivity (Wildman–Crippen MR) is 100 cm³/mol. The standard InChI is InChI=1S/C20H32N2O3/c1-15(22(2)14-17-7-5-6-8-17)20(23)21-12-11-16-9-10-18(24-3)19(13-16)25-4/h9-10,13,15,17H,5-8,11-12,14H2,1-4H3,(H,21,23). The van der Waals surface area contributed by atoms with Crippen molar-refractivity contribution in [2.24, 2.45) is 5.92 Å². The number of rotatable bonds is 9. The SMILES string of the molecule is COc1ccc(CCNC(=O)C(C)N(C)CC2CCCC2)cc1OC. The summed E-state index contributed by atoms with van der Waals surface area (Å²) in [4.78, 5) is 14.6. The van der Waals surface area contributed by atoms with E-state index in [4.69, 9.17) is 9.47 Å². The van der Waals surface area contributed by atoms with Gasteiger partial charge in [0.1, 0.15) is 0 Å². The van der Waals surface area contributed by atoms with Crippen LogP contribution in [0.25, 0.3) is 0 Å². The maximum Gasteiger partial charge on any atom is 0.237 e. The third-order valence-corrected chi connectivity index (χ3v) is 5.22. The van der Waals surface area contributed by atoms with E-state index in [1.807, 2.05) is 25.1 Å². The summed E-state index contributed by atoms with van der Waals surface area (Å²) >= 11 is 0. The molecule has 2 rings (SSSR count). The quantitative estimate of drug-likeness (QED) is 0.745. The Bertz CT molecular complexity index is 556. The van der Waals surface area contributed by atoms with Crippen LogP contribution >= 0.6 is 0 Å². The highest BCUT2D eigenvalue weighted by Gasteiger charge is 2.22. The van der Waals surface area contributed by atoms with Gasteiger partial charge in [-0.25, -0.2) is 0 Å². The van der Waals surface area contributed by atoms with Gasteiger partial charge in [-0.05, 0) is 56.8 Å². The molecule has 0 heterocycles. The van der Waals surface area contributed by atoms with Gasteiger partial charge in [-0.3, -0.25) is 9.69 Å². The first kappa shape index (κ1) is 19.6. The number of hydrogen-bond acceptors (Lipinski definition) is 4. The van der Waals surface area contributed by atoms with Crippen LogP contribution in [0.5, 0.6) is 11.5 Å². The van der Waals surface area contributed by atoms with Crippen molar-refractivity contribution in [1.29, 1.82) is 0 Å². The Morgan fingerprint density at radius 2 is 1.92 bits per heavy atom. The molecule has 25 heavy (non-hydrogen) atoms. The normalized spacial score (nSPS) is 16.0. The Morgan fingerprint density at radius 3 is 2.56 bits per heavy atom. The fraction of sp³-hybridized carbons (Fsp3) is 0.650. The van der Waals surface area contributed by atoms with Gasteiger partial charge < -0.3 is 14.8 Å². The molecule has 5 nitrogen and oxygen atoms in total. The minimum atomic E-state index is -0.0917. The molecule has 5 heteroatoms. The lowest BCUT2D eigenvalue weighted by Crippen LogP contribution is -2.45. The molecule has 1 N–H and O–H groups in total. The Balaban J connectivity index is 1.77. The first-order valence-electron chi connectivity index (χ1n) is 9.24. The molecule has 0 spiro atoms. The predicted octanol–water partition coefficient (Wildman–Crippen LogP) is 2.87. The summed E-state index contributed by atoms with van der Waals surface area (Å²) in [6.07, 6.45) is 6.05. The molecule has 140 valence electrons. The highest BCUT2D eigenvalue weighted by Crippen LogP contribution is 2.27. The van der Waals surface area contributed by atoms with E-state index < -0.39 is 0 Å². The molecule has 1 aliphatic rings. The van der Waals surface area contributed by atoms with Crippen molar-refractivity contribution >= 4 is 5.91 Å². The number of benzene rings is 1. The Morgan fingerprint density at radius 1 is 1.24 bits per heavy atom. The summed E-state index contributed by atoms with van der Waals surface area (Å²) in [6, 6.07) is 5.77. The molecule has 1 aliphatic carbocycles. The van der Waals surface area contributed by atoms with Crippen molar-refractivity contribution in [2.75, 3.05) is 34.4 Å². The number of ether oxygens (including phenoxy) is 2. The molecule has 1 aromatic carbocycles. The molecular formula is C20H32N2O3. The molecule has 1 fully saturated rings. The fourth-order valence-electron chi connectivity index (χ4n) is 3.47. The largest absolute Gasteiger partial charge is 0.493 e. The fourth-order valence-corrected chi connectivity index (χ4v) is 3.47. The van der Waals surface area contributed by atoms with E-state index in [1.165, 1.54) is 25.7 Å². The molecule has 1 unspecified atom stereocenters. The van der Waals surface area contributed by atoms with Crippen LogP contribution in [0.15, 0.2) is 18.2 Å². The number of nitrogens with zero attached hydrogens (tertiary/aromatic N) is 1. The summed E-state index contributed by atoms with van der Waals surface area (Å²) in [5.74, 6) is 2.29. The number of amides is 1. The topological polar surface area (TPSA) is 50.8 Å². The van der Waals surface area contributed by atoms with Gasteiger partial charge in [0.05, 0.1) is 20.3 Å². The molecule has 0 radical (unpaired) electrons. The lowest BCUT2D eigenvalue weighted by atomic mass is 10.1. The first-order valence-corrected chi connectivity index (χ1v) is 9.24. The number of hydrogen-bond donors (Lipinski definition) is 1. The summed E-state index contributed by atoms with van der Waals surface area (Å²) in [5, 5.41) is 3.05. The van der Waals surface area contributed by atoms with E-state index in [-0.39, 0.29) is 11.9 Å². The van der Waals surface area contributed by atoms with E-state index in [2.05, 4.69) is 17.3 Å². The number of methoxy groups -OCH3 is 2. The Hall–Kier alpha value is -1.75. The van der Waals surface area contributed by atoms with Crippen LogP contribution in [-0.4, -0.2) is 51.2 Å². The minimum absolute atomic E-state index is 0.0917. The van der Waals surface area contributed by atoms with Crippen molar-refractivity contribution in [3.8, 4) is 11.5 Å². The van der Waals surface area contributed by atoms with E-state index in [1.54, 1.807) is 14.2 Å². The monoisotopic (exact) mass is 348 g/mol. The summed E-state index contributed by atoms with van der Waals surface area (Å²) in [5.41, 5.74) is 1.12. The number of carbonyl (C=O) groups is 1. The second kappa shape index (κ2) is 9.66. The zero-order chi connectivity index (χ0) is 18.2. The molecule has 0 saturated heterocycles. The zero-order valence-corrected chi connectivity index (χ0v) is 16.0. The van der Waals surface area contributed by atoms with E-state index in [0.717, 1.165) is 35.9 Å². The van der Waals surface area contributed by atoms with Gasteiger partial charge in [0.25, 0.3) is 0 Å². The van der Waals surface area contributed by atoms with Crippen LogP contribution in [0.3, 0.4) is 0 Å². The van der Waals surface area contributed by atoms with Crippen molar-refractivity contribution in [1.82, 2.24) is 10.2 Å². The summed E-state index contributed by atoms with van der Waals surface area (Å²) < 4.78 is 10.6. The molecular weight excluding hydrogens is 316 g/mol. The van der Waals surface area contributed by atoms with Gasteiger partial charge in [-0.1, -0.05) is 18.9 Å². The molecule has 1 atom stereocenters. The van der Waals surface area contributed by atoms with Crippen LogP contribution in [0.1, 0.15) is 38.2 Å². The van der Waals surface area contributed by atoms with E-state index in [9.17, 15) is 4.79 Å². The zero-order valence-electron chi connectivity index (χ0n) is 16.0. The highest BCUT2D eigenvalue weighted by atomic mass is 16.5. The van der Waals surface area contributed by atoms with Crippen LogP contribution in [-0.2, 0) is 11.2 Å². The molecule has 0 bridgehead atoms.